The molecule has 1 aromatic carbocycles. The number of hydrogen-bond acceptors (Lipinski definition) is 10. The number of rotatable bonds is 6. The predicted molar refractivity (Wildman–Crippen MR) is 132 cm³/mol. The van der Waals surface area contributed by atoms with Gasteiger partial charge in [0.1, 0.15) is 18.8 Å². The molecule has 0 spiro atoms. The summed E-state index contributed by atoms with van der Waals surface area (Å²) in [6.07, 6.45) is 4.12. The van der Waals surface area contributed by atoms with Gasteiger partial charge in [-0.3, -0.25) is 0 Å². The number of fused-ring (bicyclic) bond motifs is 1. The maximum atomic E-state index is 13.4. The molecule has 2 aliphatic rings. The van der Waals surface area contributed by atoms with E-state index in [-0.39, 0.29) is 4.21 Å². The molecule has 1 saturated heterocycles. The fourth-order valence-corrected chi connectivity index (χ4v) is 6.96. The van der Waals surface area contributed by atoms with E-state index in [1.807, 2.05) is 12.1 Å². The lowest BCUT2D eigenvalue weighted by atomic mass is 10.0. The van der Waals surface area contributed by atoms with Crippen LogP contribution >= 0.6 is 11.3 Å². The van der Waals surface area contributed by atoms with Gasteiger partial charge in [-0.05, 0) is 31.0 Å². The van der Waals surface area contributed by atoms with E-state index < -0.39 is 16.7 Å². The molecule has 2 aromatic heterocycles. The van der Waals surface area contributed by atoms with Crippen LogP contribution < -0.4 is 10.2 Å². The van der Waals surface area contributed by atoms with E-state index in [1.54, 1.807) is 12.1 Å². The Hall–Kier alpha value is -3.18. The minimum absolute atomic E-state index is 0.172. The van der Waals surface area contributed by atoms with E-state index in [2.05, 4.69) is 25.2 Å². The molecule has 0 aliphatic carbocycles. The maximum absolute atomic E-state index is 13.4. The molecule has 0 radical (unpaired) electrons. The second kappa shape index (κ2) is 10.4. The number of ether oxygens (including phenoxy) is 1. The van der Waals surface area contributed by atoms with Crippen LogP contribution in [0.25, 0.3) is 0 Å². The summed E-state index contributed by atoms with van der Waals surface area (Å²) in [4.78, 5) is 15.2. The Morgan fingerprint density at radius 2 is 2.08 bits per heavy atom. The van der Waals surface area contributed by atoms with Crippen LogP contribution in [0.15, 0.2) is 34.9 Å². The first-order chi connectivity index (χ1) is 17.5. The first-order valence-electron chi connectivity index (χ1n) is 11.5. The molecular formula is C23H24FN7O3S2. The van der Waals surface area contributed by atoms with Gasteiger partial charge in [0.15, 0.2) is 9.34 Å². The highest BCUT2D eigenvalue weighted by Crippen LogP contribution is 2.32. The number of hydrogen-bond donors (Lipinski definition) is 1. The number of nitrogens with zero attached hydrogens (tertiary/aromatic N) is 6. The summed E-state index contributed by atoms with van der Waals surface area (Å²) in [6.45, 7) is 2.13. The van der Waals surface area contributed by atoms with Gasteiger partial charge in [0, 0.05) is 43.1 Å². The molecule has 0 amide bonds. The largest absolute Gasteiger partial charge is 0.380 e. The number of sulfonamides is 1. The van der Waals surface area contributed by atoms with Gasteiger partial charge in [0.05, 0.1) is 36.7 Å². The van der Waals surface area contributed by atoms with Gasteiger partial charge in [-0.2, -0.15) is 9.57 Å². The molecule has 0 saturated carbocycles. The summed E-state index contributed by atoms with van der Waals surface area (Å²) in [5.41, 5.74) is 3.28. The number of thiazole rings is 1. The second-order valence-electron chi connectivity index (χ2n) is 8.39. The van der Waals surface area contributed by atoms with Gasteiger partial charge >= 0.3 is 0 Å². The quantitative estimate of drug-likeness (QED) is 0.513. The normalized spacial score (nSPS) is 16.7. The Morgan fingerprint density at radius 3 is 2.92 bits per heavy atom. The molecular weight excluding hydrogens is 505 g/mol. The zero-order chi connectivity index (χ0) is 25.1. The fraction of sp³-hybridized carbons (Fsp3) is 0.391. The summed E-state index contributed by atoms with van der Waals surface area (Å²) in [5, 5.41) is 12.8. The third kappa shape index (κ3) is 4.90. The molecule has 36 heavy (non-hydrogen) atoms. The number of nitriles is 1. The Bertz CT molecular complexity index is 1400. The summed E-state index contributed by atoms with van der Waals surface area (Å²) in [6, 6.07) is 7.18. The van der Waals surface area contributed by atoms with E-state index in [4.69, 9.17) is 10.00 Å². The fourth-order valence-electron chi connectivity index (χ4n) is 4.31. The Morgan fingerprint density at radius 1 is 1.19 bits per heavy atom. The molecule has 0 unspecified atom stereocenters. The summed E-state index contributed by atoms with van der Waals surface area (Å²) in [5.74, 6) is 0.588. The van der Waals surface area contributed by atoms with Crippen molar-refractivity contribution in [2.45, 2.75) is 30.3 Å². The van der Waals surface area contributed by atoms with Crippen molar-refractivity contribution >= 4 is 38.0 Å². The van der Waals surface area contributed by atoms with Gasteiger partial charge in [-0.15, -0.1) is 0 Å². The monoisotopic (exact) mass is 529 g/mol. The van der Waals surface area contributed by atoms with Crippen molar-refractivity contribution in [1.29, 1.82) is 5.26 Å². The van der Waals surface area contributed by atoms with E-state index in [0.717, 1.165) is 28.3 Å². The second-order valence-corrected chi connectivity index (χ2v) is 11.6. The first-order valence-corrected chi connectivity index (χ1v) is 13.7. The van der Waals surface area contributed by atoms with E-state index in [9.17, 15) is 12.8 Å². The standard InChI is InChI=1S/C23H24FN7O3S2/c24-11-17-10-18(3-2-16(17)12-25)30-6-4-19-20(14-30)27-15-28-22(19)29-23-26-13-21(35-23)36(32,33)31-5-1-8-34-9-7-31/h2-3,10,13,15H,1,4-9,11,14H2,(H,26,27,28,29). The number of alkyl halides is 1. The van der Waals surface area contributed by atoms with Crippen LogP contribution in [0.3, 0.4) is 0 Å². The van der Waals surface area contributed by atoms with Crippen LogP contribution in [0, 0.1) is 11.3 Å². The van der Waals surface area contributed by atoms with Crippen LogP contribution in [0.1, 0.15) is 28.8 Å². The molecule has 1 N–H and O–H groups in total. The zero-order valence-corrected chi connectivity index (χ0v) is 21.0. The van der Waals surface area contributed by atoms with E-state index >= 15 is 0 Å². The molecule has 5 rings (SSSR count). The third-order valence-corrected chi connectivity index (χ3v) is 9.46. The molecule has 2 aliphatic heterocycles. The van der Waals surface area contributed by atoms with Crippen LogP contribution in [0.4, 0.5) is 21.0 Å². The Labute approximate surface area is 212 Å². The Balaban J connectivity index is 1.33. The van der Waals surface area contributed by atoms with Crippen molar-refractivity contribution < 1.29 is 17.5 Å². The topological polar surface area (TPSA) is 124 Å². The predicted octanol–water partition coefficient (Wildman–Crippen LogP) is 2.99. The summed E-state index contributed by atoms with van der Waals surface area (Å²) in [7, 11) is -3.64. The average molecular weight is 530 g/mol. The van der Waals surface area contributed by atoms with Gasteiger partial charge < -0.3 is 15.0 Å². The molecule has 188 valence electrons. The van der Waals surface area contributed by atoms with E-state index in [1.165, 1.54) is 16.8 Å². The summed E-state index contributed by atoms with van der Waals surface area (Å²) < 4.78 is 46.4. The lowest BCUT2D eigenvalue weighted by Gasteiger charge is -2.31. The maximum Gasteiger partial charge on any atom is 0.254 e. The van der Waals surface area contributed by atoms with Crippen molar-refractivity contribution in [2.75, 3.05) is 43.1 Å². The highest BCUT2D eigenvalue weighted by molar-refractivity contribution is 7.91. The van der Waals surface area contributed by atoms with Crippen molar-refractivity contribution in [3.8, 4) is 6.07 Å². The van der Waals surface area contributed by atoms with Gasteiger partial charge in [0.2, 0.25) is 0 Å². The number of aromatic nitrogens is 3. The number of benzene rings is 1. The zero-order valence-electron chi connectivity index (χ0n) is 19.4. The minimum Gasteiger partial charge on any atom is -0.380 e. The molecule has 10 nitrogen and oxygen atoms in total. The van der Waals surface area contributed by atoms with E-state index in [0.29, 0.717) is 74.3 Å². The van der Waals surface area contributed by atoms with Gasteiger partial charge in [0.25, 0.3) is 10.0 Å². The lowest BCUT2D eigenvalue weighted by molar-refractivity contribution is 0.148. The van der Waals surface area contributed by atoms with Gasteiger partial charge in [-0.1, -0.05) is 11.3 Å². The SMILES string of the molecule is N#Cc1ccc(N2CCc3c(ncnc3Nc3ncc(S(=O)(=O)N4CCCOCC4)s3)C2)cc1CF. The Kier molecular flexibility index (Phi) is 7.10. The number of anilines is 3. The van der Waals surface area contributed by atoms with Crippen LogP contribution in [0.5, 0.6) is 0 Å². The third-order valence-electron chi connectivity index (χ3n) is 6.21. The number of nitrogens with one attached hydrogen (secondary N) is 1. The highest BCUT2D eigenvalue weighted by Gasteiger charge is 2.28. The lowest BCUT2D eigenvalue weighted by Crippen LogP contribution is -2.32. The molecule has 0 bridgehead atoms. The van der Waals surface area contributed by atoms with Crippen molar-refractivity contribution in [1.82, 2.24) is 19.3 Å². The van der Waals surface area contributed by atoms with Gasteiger partial charge in [-0.25, -0.2) is 27.8 Å². The minimum atomic E-state index is -3.64. The van der Waals surface area contributed by atoms with Crippen molar-refractivity contribution in [3.63, 3.8) is 0 Å². The van der Waals surface area contributed by atoms with Crippen molar-refractivity contribution in [3.05, 3.63) is 53.1 Å². The molecule has 4 heterocycles. The highest BCUT2D eigenvalue weighted by atomic mass is 32.2. The smallest absolute Gasteiger partial charge is 0.254 e. The van der Waals surface area contributed by atoms with Crippen LogP contribution in [-0.4, -0.2) is 60.5 Å². The first kappa shape index (κ1) is 24.5. The van der Waals surface area contributed by atoms with Crippen molar-refractivity contribution in [2.24, 2.45) is 0 Å². The van der Waals surface area contributed by atoms with Crippen LogP contribution in [-0.2, 0) is 34.4 Å². The number of halogens is 1. The molecule has 0 atom stereocenters. The molecule has 13 heteroatoms. The molecule has 1 fully saturated rings. The van der Waals surface area contributed by atoms with Crippen LogP contribution in [0.2, 0.25) is 0 Å². The molecule has 3 aromatic rings. The summed E-state index contributed by atoms with van der Waals surface area (Å²) >= 11 is 1.07. The average Bonchev–Trinajstić information content (AvgIpc) is 3.20.